The predicted molar refractivity (Wildman–Crippen MR) is 86.0 cm³/mol. The summed E-state index contributed by atoms with van der Waals surface area (Å²) in [5, 5.41) is 1.40. The zero-order valence-corrected chi connectivity index (χ0v) is 12.9. The molecule has 1 heterocycles. The van der Waals surface area contributed by atoms with Gasteiger partial charge < -0.3 is 4.42 Å². The molecule has 0 radical (unpaired) electrons. The molecule has 2 aromatic rings. The first kappa shape index (κ1) is 14.4. The number of hydrogen-bond donors (Lipinski definition) is 0. The molecule has 0 aliphatic heterocycles. The van der Waals surface area contributed by atoms with E-state index in [-0.39, 0.29) is 10.7 Å². The molecule has 0 amide bonds. The first-order chi connectivity index (χ1) is 10.1. The van der Waals surface area contributed by atoms with Crippen molar-refractivity contribution in [1.82, 2.24) is 0 Å². The van der Waals surface area contributed by atoms with E-state index >= 15 is 0 Å². The fraction of sp³-hybridized carbons (Fsp3) is 0.412. The second-order valence-electron chi connectivity index (χ2n) is 5.62. The van der Waals surface area contributed by atoms with E-state index in [1.54, 1.807) is 6.07 Å². The zero-order valence-electron chi connectivity index (χ0n) is 12.1. The van der Waals surface area contributed by atoms with E-state index in [0.717, 1.165) is 23.8 Å². The highest BCUT2D eigenvalue weighted by Gasteiger charge is 2.19. The standard InChI is InChI=1S/C17H18O3S/c1-11-9-16(18)20-15-10-12(7-8-14(11)15)17(19)21-13-5-3-2-4-6-13/h7-10,13H,2-6H2,1H3. The lowest BCUT2D eigenvalue weighted by atomic mass is 10.0. The van der Waals surface area contributed by atoms with Gasteiger partial charge in [0.25, 0.3) is 0 Å². The number of thioether (sulfide) groups is 1. The Hall–Kier alpha value is -1.55. The maximum absolute atomic E-state index is 12.4. The van der Waals surface area contributed by atoms with Crippen molar-refractivity contribution in [2.75, 3.05) is 0 Å². The number of aryl methyl sites for hydroxylation is 1. The minimum atomic E-state index is -0.371. The SMILES string of the molecule is Cc1cc(=O)oc2cc(C(=O)SC3CCCCC3)ccc12. The summed E-state index contributed by atoms with van der Waals surface area (Å²) in [4.78, 5) is 23.8. The maximum Gasteiger partial charge on any atom is 0.336 e. The highest BCUT2D eigenvalue weighted by Crippen LogP contribution is 2.31. The Kier molecular flexibility index (Phi) is 4.15. The van der Waals surface area contributed by atoms with E-state index in [1.807, 2.05) is 19.1 Å². The second-order valence-corrected chi connectivity index (χ2v) is 6.90. The van der Waals surface area contributed by atoms with E-state index in [9.17, 15) is 9.59 Å². The van der Waals surface area contributed by atoms with Crippen LogP contribution in [0.25, 0.3) is 11.0 Å². The van der Waals surface area contributed by atoms with Crippen molar-refractivity contribution < 1.29 is 9.21 Å². The molecule has 1 fully saturated rings. The Morgan fingerprint density at radius 3 is 2.71 bits per heavy atom. The molecule has 0 bridgehead atoms. The van der Waals surface area contributed by atoms with Crippen molar-refractivity contribution in [2.24, 2.45) is 0 Å². The van der Waals surface area contributed by atoms with Gasteiger partial charge in [-0.1, -0.05) is 37.1 Å². The number of rotatable bonds is 2. The molecule has 110 valence electrons. The third-order valence-electron chi connectivity index (χ3n) is 4.01. The van der Waals surface area contributed by atoms with Crippen LogP contribution in [0.4, 0.5) is 0 Å². The molecule has 1 aliphatic rings. The van der Waals surface area contributed by atoms with E-state index in [4.69, 9.17) is 4.42 Å². The van der Waals surface area contributed by atoms with Crippen LogP contribution in [-0.2, 0) is 0 Å². The van der Waals surface area contributed by atoms with E-state index in [1.165, 1.54) is 37.1 Å². The molecule has 21 heavy (non-hydrogen) atoms. The lowest BCUT2D eigenvalue weighted by Gasteiger charge is -2.19. The minimum absolute atomic E-state index is 0.0768. The summed E-state index contributed by atoms with van der Waals surface area (Å²) in [6.45, 7) is 1.87. The first-order valence-corrected chi connectivity index (χ1v) is 8.27. The summed E-state index contributed by atoms with van der Waals surface area (Å²) >= 11 is 1.43. The largest absolute Gasteiger partial charge is 0.423 e. The van der Waals surface area contributed by atoms with Gasteiger partial charge in [0.2, 0.25) is 5.12 Å². The van der Waals surface area contributed by atoms with Crippen LogP contribution in [0.15, 0.2) is 33.5 Å². The number of hydrogen-bond acceptors (Lipinski definition) is 4. The summed E-state index contributed by atoms with van der Waals surface area (Å²) in [6.07, 6.45) is 5.97. The minimum Gasteiger partial charge on any atom is -0.423 e. The number of carbonyl (C=O) groups is 1. The van der Waals surface area contributed by atoms with Crippen molar-refractivity contribution >= 4 is 27.8 Å². The molecular formula is C17H18O3S. The molecule has 0 saturated heterocycles. The number of carbonyl (C=O) groups excluding carboxylic acids is 1. The molecule has 4 heteroatoms. The number of fused-ring (bicyclic) bond motifs is 1. The lowest BCUT2D eigenvalue weighted by Crippen LogP contribution is -2.11. The average molecular weight is 302 g/mol. The van der Waals surface area contributed by atoms with Crippen molar-refractivity contribution in [3.8, 4) is 0 Å². The third kappa shape index (κ3) is 3.21. The van der Waals surface area contributed by atoms with Gasteiger partial charge in [0.1, 0.15) is 5.58 Å². The number of benzene rings is 1. The van der Waals surface area contributed by atoms with Gasteiger partial charge in [-0.3, -0.25) is 4.79 Å². The Morgan fingerprint density at radius 2 is 1.95 bits per heavy atom. The summed E-state index contributed by atoms with van der Waals surface area (Å²) in [5.74, 6) is 0. The Balaban J connectivity index is 1.86. The molecule has 0 unspecified atom stereocenters. The Labute approximate surface area is 127 Å². The molecule has 0 spiro atoms. The smallest absolute Gasteiger partial charge is 0.336 e. The van der Waals surface area contributed by atoms with Gasteiger partial charge >= 0.3 is 5.63 Å². The van der Waals surface area contributed by atoms with Crippen molar-refractivity contribution in [3.63, 3.8) is 0 Å². The summed E-state index contributed by atoms with van der Waals surface area (Å²) in [7, 11) is 0. The molecule has 1 aliphatic carbocycles. The molecular weight excluding hydrogens is 284 g/mol. The van der Waals surface area contributed by atoms with Crippen LogP contribution in [0.1, 0.15) is 48.0 Å². The van der Waals surface area contributed by atoms with E-state index < -0.39 is 0 Å². The van der Waals surface area contributed by atoms with Gasteiger partial charge in [0.15, 0.2) is 0 Å². The second kappa shape index (κ2) is 6.06. The molecule has 3 nitrogen and oxygen atoms in total. The lowest BCUT2D eigenvalue weighted by molar-refractivity contribution is 0.108. The maximum atomic E-state index is 12.4. The molecule has 1 aromatic heterocycles. The van der Waals surface area contributed by atoms with E-state index in [0.29, 0.717) is 16.4 Å². The van der Waals surface area contributed by atoms with Gasteiger partial charge in [0.05, 0.1) is 0 Å². The van der Waals surface area contributed by atoms with Crippen molar-refractivity contribution in [1.29, 1.82) is 0 Å². The van der Waals surface area contributed by atoms with Crippen LogP contribution >= 0.6 is 11.8 Å². The quantitative estimate of drug-likeness (QED) is 0.776. The highest BCUT2D eigenvalue weighted by molar-refractivity contribution is 8.14. The summed E-state index contributed by atoms with van der Waals surface area (Å²) in [5.41, 5.74) is 1.62. The fourth-order valence-corrected chi connectivity index (χ4v) is 3.99. The van der Waals surface area contributed by atoms with Crippen LogP contribution in [0.2, 0.25) is 0 Å². The summed E-state index contributed by atoms with van der Waals surface area (Å²) < 4.78 is 5.21. The van der Waals surface area contributed by atoms with Crippen molar-refractivity contribution in [2.45, 2.75) is 44.3 Å². The van der Waals surface area contributed by atoms with Crippen LogP contribution in [0, 0.1) is 6.92 Å². The molecule has 3 rings (SSSR count). The molecule has 1 saturated carbocycles. The van der Waals surface area contributed by atoms with Gasteiger partial charge in [-0.25, -0.2) is 4.79 Å². The van der Waals surface area contributed by atoms with Crippen LogP contribution < -0.4 is 5.63 Å². The molecule has 0 atom stereocenters. The zero-order chi connectivity index (χ0) is 14.8. The van der Waals surface area contributed by atoms with Crippen LogP contribution in [0.3, 0.4) is 0 Å². The Morgan fingerprint density at radius 1 is 1.19 bits per heavy atom. The highest BCUT2D eigenvalue weighted by atomic mass is 32.2. The van der Waals surface area contributed by atoms with Crippen LogP contribution in [-0.4, -0.2) is 10.4 Å². The topological polar surface area (TPSA) is 47.3 Å². The van der Waals surface area contributed by atoms with Gasteiger partial charge in [0, 0.05) is 22.3 Å². The molecule has 0 N–H and O–H groups in total. The van der Waals surface area contributed by atoms with Crippen molar-refractivity contribution in [3.05, 3.63) is 45.8 Å². The third-order valence-corrected chi connectivity index (χ3v) is 5.27. The van der Waals surface area contributed by atoms with E-state index in [2.05, 4.69) is 0 Å². The monoisotopic (exact) mass is 302 g/mol. The van der Waals surface area contributed by atoms with Crippen LogP contribution in [0.5, 0.6) is 0 Å². The average Bonchev–Trinajstić information content (AvgIpc) is 2.47. The normalized spacial score (nSPS) is 16.2. The van der Waals surface area contributed by atoms with Gasteiger partial charge in [-0.15, -0.1) is 0 Å². The first-order valence-electron chi connectivity index (χ1n) is 7.39. The van der Waals surface area contributed by atoms with Gasteiger partial charge in [-0.05, 0) is 37.5 Å². The Bertz CT molecular complexity index is 726. The fourth-order valence-electron chi connectivity index (χ4n) is 2.85. The predicted octanol–water partition coefficient (Wildman–Crippen LogP) is 4.31. The molecule has 1 aromatic carbocycles. The van der Waals surface area contributed by atoms with Gasteiger partial charge in [-0.2, -0.15) is 0 Å². The summed E-state index contributed by atoms with van der Waals surface area (Å²) in [6, 6.07) is 6.86.